The minimum atomic E-state index is -3.33. The van der Waals surface area contributed by atoms with Crippen LogP contribution in [-0.4, -0.2) is 60.6 Å². The van der Waals surface area contributed by atoms with Gasteiger partial charge in [0.2, 0.25) is 10.0 Å². The summed E-state index contributed by atoms with van der Waals surface area (Å²) in [5, 5.41) is 9.77. The van der Waals surface area contributed by atoms with Crippen LogP contribution in [0.15, 0.2) is 12.1 Å². The molecule has 0 amide bonds. The minimum absolute atomic E-state index is 0.0214. The molecule has 0 saturated carbocycles. The van der Waals surface area contributed by atoms with Gasteiger partial charge in [0.1, 0.15) is 0 Å². The first-order valence-electron chi connectivity index (χ1n) is 7.76. The molecule has 2 aliphatic rings. The van der Waals surface area contributed by atoms with Crippen molar-refractivity contribution in [2.75, 3.05) is 31.9 Å². The highest BCUT2D eigenvalue weighted by Gasteiger charge is 2.59. The third-order valence-electron chi connectivity index (χ3n) is 5.01. The lowest BCUT2D eigenvalue weighted by Crippen LogP contribution is -2.42. The van der Waals surface area contributed by atoms with Gasteiger partial charge in [-0.1, -0.05) is 0 Å². The summed E-state index contributed by atoms with van der Waals surface area (Å²) in [6.45, 7) is 5.87. The van der Waals surface area contributed by atoms with Crippen LogP contribution in [0, 0.1) is 18.3 Å². The Hall–Kier alpha value is -0.960. The second-order valence-corrected chi connectivity index (χ2v) is 10.2. The summed E-state index contributed by atoms with van der Waals surface area (Å²) in [7, 11) is -3.33. The van der Waals surface area contributed by atoms with E-state index >= 15 is 0 Å². The van der Waals surface area contributed by atoms with Crippen LogP contribution in [0.3, 0.4) is 0 Å². The Kier molecular flexibility index (Phi) is 4.29. The van der Waals surface area contributed by atoms with E-state index in [9.17, 15) is 18.3 Å². The summed E-state index contributed by atoms with van der Waals surface area (Å²) < 4.78 is 25.6. The zero-order valence-corrected chi connectivity index (χ0v) is 15.0. The SMILES string of the molecule is CCS(=O)(=O)N1C[C@@H]2CN(Cc3ccc(C)s3)C[C@]2(C(=O)O)C1. The van der Waals surface area contributed by atoms with Gasteiger partial charge in [-0.2, -0.15) is 0 Å². The van der Waals surface area contributed by atoms with Gasteiger partial charge >= 0.3 is 5.97 Å². The highest BCUT2D eigenvalue weighted by Crippen LogP contribution is 2.44. The molecule has 0 bridgehead atoms. The van der Waals surface area contributed by atoms with Crippen LogP contribution < -0.4 is 0 Å². The number of likely N-dealkylation sites (tertiary alicyclic amines) is 1. The van der Waals surface area contributed by atoms with Crippen molar-refractivity contribution in [1.29, 1.82) is 0 Å². The molecule has 2 atom stereocenters. The summed E-state index contributed by atoms with van der Waals surface area (Å²) in [6.07, 6.45) is 0. The summed E-state index contributed by atoms with van der Waals surface area (Å²) in [5.74, 6) is -0.989. The van der Waals surface area contributed by atoms with Gasteiger partial charge in [0.25, 0.3) is 0 Å². The predicted octanol–water partition coefficient (Wildman–Crippen LogP) is 1.22. The number of fused-ring (bicyclic) bond motifs is 1. The Bertz CT molecular complexity index is 715. The molecule has 23 heavy (non-hydrogen) atoms. The minimum Gasteiger partial charge on any atom is -0.481 e. The van der Waals surface area contributed by atoms with E-state index < -0.39 is 21.4 Å². The van der Waals surface area contributed by atoms with Crippen molar-refractivity contribution >= 4 is 27.3 Å². The van der Waals surface area contributed by atoms with Crippen molar-refractivity contribution < 1.29 is 18.3 Å². The van der Waals surface area contributed by atoms with E-state index in [1.54, 1.807) is 18.3 Å². The third kappa shape index (κ3) is 2.93. The number of carboxylic acids is 1. The Labute approximate surface area is 140 Å². The molecular weight excluding hydrogens is 336 g/mol. The van der Waals surface area contributed by atoms with Crippen LogP contribution >= 0.6 is 11.3 Å². The molecule has 0 spiro atoms. The average Bonchev–Trinajstić information content (AvgIpc) is 3.12. The molecule has 1 N–H and O–H groups in total. The molecule has 3 heterocycles. The van der Waals surface area contributed by atoms with Crippen molar-refractivity contribution in [2.24, 2.45) is 11.3 Å². The van der Waals surface area contributed by atoms with E-state index in [4.69, 9.17) is 0 Å². The molecule has 128 valence electrons. The molecule has 1 aromatic heterocycles. The first-order valence-corrected chi connectivity index (χ1v) is 10.2. The van der Waals surface area contributed by atoms with Gasteiger partial charge in [0.05, 0.1) is 11.2 Å². The number of nitrogens with zero attached hydrogens (tertiary/aromatic N) is 2. The highest BCUT2D eigenvalue weighted by atomic mass is 32.2. The molecule has 2 fully saturated rings. The molecule has 2 saturated heterocycles. The number of rotatable bonds is 5. The first-order chi connectivity index (χ1) is 10.8. The van der Waals surface area contributed by atoms with Gasteiger partial charge in [-0.3, -0.25) is 9.69 Å². The summed E-state index contributed by atoms with van der Waals surface area (Å²) in [6, 6.07) is 4.15. The number of sulfonamides is 1. The number of aryl methyl sites for hydroxylation is 1. The van der Waals surface area contributed by atoms with Gasteiger partial charge in [0, 0.05) is 48.4 Å². The fourth-order valence-electron chi connectivity index (χ4n) is 3.73. The lowest BCUT2D eigenvalue weighted by molar-refractivity contribution is -0.148. The van der Waals surface area contributed by atoms with E-state index in [1.165, 1.54) is 14.1 Å². The third-order valence-corrected chi connectivity index (χ3v) is 7.79. The zero-order valence-electron chi connectivity index (χ0n) is 13.4. The number of hydrogen-bond donors (Lipinski definition) is 1. The van der Waals surface area contributed by atoms with Crippen LogP contribution in [0.4, 0.5) is 0 Å². The Morgan fingerprint density at radius 2 is 2.13 bits per heavy atom. The van der Waals surface area contributed by atoms with Gasteiger partial charge in [-0.05, 0) is 26.0 Å². The van der Waals surface area contributed by atoms with Crippen molar-refractivity contribution in [1.82, 2.24) is 9.21 Å². The first kappa shape index (κ1) is 16.9. The number of aliphatic carboxylic acids is 1. The van der Waals surface area contributed by atoms with Gasteiger partial charge in [-0.15, -0.1) is 11.3 Å². The van der Waals surface area contributed by atoms with Crippen LogP contribution in [0.1, 0.15) is 16.7 Å². The number of hydrogen-bond acceptors (Lipinski definition) is 5. The fourth-order valence-corrected chi connectivity index (χ4v) is 5.86. The summed E-state index contributed by atoms with van der Waals surface area (Å²) in [5.41, 5.74) is -0.964. The molecule has 3 rings (SSSR count). The Balaban J connectivity index is 1.77. The maximum Gasteiger partial charge on any atom is 0.312 e. The molecule has 1 aromatic rings. The van der Waals surface area contributed by atoms with E-state index in [0.717, 1.165) is 6.54 Å². The normalized spacial score (nSPS) is 29.0. The Morgan fingerprint density at radius 3 is 2.65 bits per heavy atom. The fraction of sp³-hybridized carbons (Fsp3) is 0.667. The standard InChI is InChI=1S/C15H22N2O4S2/c1-3-23(20,21)17-7-12-6-16(8-13-5-4-11(2)22-13)9-15(12,10-17)14(18)19/h4-5,12H,3,6-10H2,1-2H3,(H,18,19)/t12-,15-/m0/s1. The summed E-state index contributed by atoms with van der Waals surface area (Å²) >= 11 is 1.72. The van der Waals surface area contributed by atoms with E-state index in [2.05, 4.69) is 24.0 Å². The van der Waals surface area contributed by atoms with Crippen LogP contribution in [0.2, 0.25) is 0 Å². The van der Waals surface area contributed by atoms with E-state index in [0.29, 0.717) is 19.6 Å². The quantitative estimate of drug-likeness (QED) is 0.856. The van der Waals surface area contributed by atoms with Crippen molar-refractivity contribution in [3.05, 3.63) is 21.9 Å². The maximum atomic E-state index is 12.1. The topological polar surface area (TPSA) is 77.9 Å². The number of thiophene rings is 1. The lowest BCUT2D eigenvalue weighted by Gasteiger charge is -2.24. The smallest absolute Gasteiger partial charge is 0.312 e. The molecule has 2 aliphatic heterocycles. The molecule has 8 heteroatoms. The van der Waals surface area contributed by atoms with E-state index in [-0.39, 0.29) is 18.2 Å². The predicted molar refractivity (Wildman–Crippen MR) is 88.9 cm³/mol. The van der Waals surface area contributed by atoms with Crippen LogP contribution in [0.25, 0.3) is 0 Å². The highest BCUT2D eigenvalue weighted by molar-refractivity contribution is 7.89. The van der Waals surface area contributed by atoms with Crippen LogP contribution in [0.5, 0.6) is 0 Å². The number of carboxylic acid groups (broad SMARTS) is 1. The van der Waals surface area contributed by atoms with Crippen molar-refractivity contribution in [3.63, 3.8) is 0 Å². The second-order valence-electron chi connectivity index (χ2n) is 6.53. The average molecular weight is 358 g/mol. The van der Waals surface area contributed by atoms with Gasteiger partial charge in [0.15, 0.2) is 0 Å². The Morgan fingerprint density at radius 1 is 1.39 bits per heavy atom. The van der Waals surface area contributed by atoms with Crippen LogP contribution in [-0.2, 0) is 21.4 Å². The molecule has 0 radical (unpaired) electrons. The lowest BCUT2D eigenvalue weighted by atomic mass is 9.81. The summed E-state index contributed by atoms with van der Waals surface area (Å²) in [4.78, 5) is 16.5. The van der Waals surface area contributed by atoms with Crippen molar-refractivity contribution in [2.45, 2.75) is 20.4 Å². The molecule has 0 aliphatic carbocycles. The molecule has 0 unspecified atom stereocenters. The van der Waals surface area contributed by atoms with Gasteiger partial charge < -0.3 is 5.11 Å². The maximum absolute atomic E-state index is 12.1. The largest absolute Gasteiger partial charge is 0.481 e. The second kappa shape index (κ2) is 5.84. The zero-order chi connectivity index (χ0) is 16.8. The monoisotopic (exact) mass is 358 g/mol. The molecular formula is C15H22N2O4S2. The van der Waals surface area contributed by atoms with Gasteiger partial charge in [-0.25, -0.2) is 12.7 Å². The van der Waals surface area contributed by atoms with Crippen molar-refractivity contribution in [3.8, 4) is 0 Å². The molecule has 0 aromatic carbocycles. The number of carbonyl (C=O) groups is 1. The molecule has 6 nitrogen and oxygen atoms in total. The van der Waals surface area contributed by atoms with E-state index in [1.807, 2.05) is 0 Å².